The number of allylic oxidation sites excluding steroid dienone is 1. The van der Waals surface area contributed by atoms with Crippen LogP contribution < -0.4 is 0 Å². The Balaban J connectivity index is 1.93. The molecule has 0 aliphatic heterocycles. The molecule has 3 nitrogen and oxygen atoms in total. The summed E-state index contributed by atoms with van der Waals surface area (Å²) in [5, 5.41) is 7.30. The topological polar surface area (TPSA) is 41.6 Å². The molecule has 1 aromatic carbocycles. The van der Waals surface area contributed by atoms with Crippen LogP contribution in [0.15, 0.2) is 67.1 Å². The molecule has 2 aromatic heterocycles. The molecule has 3 aromatic rings. The first-order valence-corrected chi connectivity index (χ1v) is 7.06. The van der Waals surface area contributed by atoms with Gasteiger partial charge in [-0.05, 0) is 23.3 Å². The van der Waals surface area contributed by atoms with Gasteiger partial charge in [0, 0.05) is 35.5 Å². The van der Waals surface area contributed by atoms with Gasteiger partial charge in [0.05, 0.1) is 6.20 Å². The van der Waals surface area contributed by atoms with Crippen molar-refractivity contribution in [3.63, 3.8) is 0 Å². The second kappa shape index (κ2) is 4.70. The van der Waals surface area contributed by atoms with E-state index in [0.29, 0.717) is 0 Å². The maximum atomic E-state index is 4.17. The molecular weight excluding hydrogens is 258 g/mol. The first-order chi connectivity index (χ1) is 10.4. The van der Waals surface area contributed by atoms with E-state index in [4.69, 9.17) is 0 Å². The van der Waals surface area contributed by atoms with Gasteiger partial charge < -0.3 is 0 Å². The molecule has 1 N–H and O–H groups in total. The molecule has 2 heterocycles. The van der Waals surface area contributed by atoms with Crippen molar-refractivity contribution in [2.45, 2.75) is 11.8 Å². The van der Waals surface area contributed by atoms with Gasteiger partial charge in [0.25, 0.3) is 0 Å². The smallest absolute Gasteiger partial charge is 0.0562 e. The number of H-pyrrole nitrogens is 1. The summed E-state index contributed by atoms with van der Waals surface area (Å²) in [7, 11) is 0. The van der Waals surface area contributed by atoms with E-state index in [1.54, 1.807) is 0 Å². The third-order valence-electron chi connectivity index (χ3n) is 4.24. The number of hydrogen-bond acceptors (Lipinski definition) is 2. The lowest BCUT2D eigenvalue weighted by molar-refractivity contribution is 0.619. The van der Waals surface area contributed by atoms with Gasteiger partial charge in [0.1, 0.15) is 0 Å². The molecule has 0 radical (unpaired) electrons. The lowest BCUT2D eigenvalue weighted by Gasteiger charge is -2.34. The summed E-state index contributed by atoms with van der Waals surface area (Å²) in [5.74, 6) is 0. The van der Waals surface area contributed by atoms with Crippen LogP contribution in [0.4, 0.5) is 0 Å². The highest BCUT2D eigenvalue weighted by Crippen LogP contribution is 2.40. The normalized spacial score (nSPS) is 20.2. The van der Waals surface area contributed by atoms with E-state index in [0.717, 1.165) is 6.42 Å². The molecule has 4 rings (SSSR count). The van der Waals surface area contributed by atoms with Gasteiger partial charge >= 0.3 is 0 Å². The van der Waals surface area contributed by atoms with Crippen molar-refractivity contribution in [2.75, 3.05) is 0 Å². The van der Waals surface area contributed by atoms with Crippen LogP contribution in [0.3, 0.4) is 0 Å². The zero-order chi connectivity index (χ0) is 14.1. The molecule has 0 bridgehead atoms. The Morgan fingerprint density at radius 3 is 2.52 bits per heavy atom. The maximum Gasteiger partial charge on any atom is 0.0562 e. The van der Waals surface area contributed by atoms with E-state index in [1.807, 2.05) is 18.6 Å². The SMILES string of the molecule is C1=CC(c2ccccc2)(c2ccncc2)Cc2[nH]ncc21. The first-order valence-electron chi connectivity index (χ1n) is 7.06. The average Bonchev–Trinajstić information content (AvgIpc) is 3.03. The number of aromatic amines is 1. The van der Waals surface area contributed by atoms with E-state index in [9.17, 15) is 0 Å². The minimum Gasteiger partial charge on any atom is -0.282 e. The van der Waals surface area contributed by atoms with Crippen LogP contribution in [0.1, 0.15) is 22.4 Å². The highest BCUT2D eigenvalue weighted by Gasteiger charge is 2.35. The molecule has 1 unspecified atom stereocenters. The van der Waals surface area contributed by atoms with Gasteiger partial charge in [-0.2, -0.15) is 5.10 Å². The van der Waals surface area contributed by atoms with Gasteiger partial charge in [-0.1, -0.05) is 42.5 Å². The predicted octanol–water partition coefficient (Wildman–Crippen LogP) is 3.36. The Bertz CT molecular complexity index is 733. The number of pyridine rings is 1. The molecule has 3 heteroatoms. The van der Waals surface area contributed by atoms with E-state index in [1.165, 1.54) is 22.4 Å². The highest BCUT2D eigenvalue weighted by atomic mass is 15.1. The number of benzene rings is 1. The van der Waals surface area contributed by atoms with Crippen LogP contribution in [0, 0.1) is 0 Å². The number of aromatic nitrogens is 3. The summed E-state index contributed by atoms with van der Waals surface area (Å²) in [6, 6.07) is 14.8. The van der Waals surface area contributed by atoms with Crippen LogP contribution in [0.25, 0.3) is 6.08 Å². The molecule has 1 atom stereocenters. The number of rotatable bonds is 2. The molecule has 21 heavy (non-hydrogen) atoms. The molecule has 0 fully saturated rings. The number of fused-ring (bicyclic) bond motifs is 1. The molecule has 0 spiro atoms. The van der Waals surface area contributed by atoms with Gasteiger partial charge in [-0.3, -0.25) is 10.1 Å². The standard InChI is InChI=1S/C18H15N3/c1-2-4-15(5-3-1)18(16-7-10-19-11-8-16)9-6-14-13-20-21-17(14)12-18/h1-11,13H,12H2,(H,20,21). The summed E-state index contributed by atoms with van der Waals surface area (Å²) < 4.78 is 0. The second-order valence-electron chi connectivity index (χ2n) is 5.39. The van der Waals surface area contributed by atoms with E-state index < -0.39 is 0 Å². The number of nitrogens with zero attached hydrogens (tertiary/aromatic N) is 2. The van der Waals surface area contributed by atoms with Crippen molar-refractivity contribution in [1.82, 2.24) is 15.2 Å². The van der Waals surface area contributed by atoms with Crippen molar-refractivity contribution in [3.05, 3.63) is 89.5 Å². The Labute approximate surface area is 123 Å². The molecule has 0 amide bonds. The van der Waals surface area contributed by atoms with Gasteiger partial charge in [0.2, 0.25) is 0 Å². The maximum absolute atomic E-state index is 4.17. The molecule has 1 aliphatic rings. The van der Waals surface area contributed by atoms with Crippen molar-refractivity contribution in [2.24, 2.45) is 0 Å². The van der Waals surface area contributed by atoms with Gasteiger partial charge in [-0.25, -0.2) is 0 Å². The zero-order valence-electron chi connectivity index (χ0n) is 11.5. The minimum absolute atomic E-state index is 0.163. The van der Waals surface area contributed by atoms with Crippen molar-refractivity contribution in [3.8, 4) is 0 Å². The number of hydrogen-bond donors (Lipinski definition) is 1. The third-order valence-corrected chi connectivity index (χ3v) is 4.24. The Morgan fingerprint density at radius 1 is 0.952 bits per heavy atom. The van der Waals surface area contributed by atoms with E-state index in [-0.39, 0.29) is 5.41 Å². The molecule has 0 saturated carbocycles. The quantitative estimate of drug-likeness (QED) is 0.778. The molecule has 1 aliphatic carbocycles. The van der Waals surface area contributed by atoms with Crippen LogP contribution in [-0.4, -0.2) is 15.2 Å². The number of nitrogens with one attached hydrogen (secondary N) is 1. The summed E-state index contributed by atoms with van der Waals surface area (Å²) in [4.78, 5) is 4.16. The monoisotopic (exact) mass is 273 g/mol. The summed E-state index contributed by atoms with van der Waals surface area (Å²) >= 11 is 0. The predicted molar refractivity (Wildman–Crippen MR) is 82.8 cm³/mol. The van der Waals surface area contributed by atoms with Gasteiger partial charge in [-0.15, -0.1) is 0 Å². The largest absolute Gasteiger partial charge is 0.282 e. The van der Waals surface area contributed by atoms with E-state index in [2.05, 4.69) is 69.8 Å². The Kier molecular flexibility index (Phi) is 2.71. The fourth-order valence-electron chi connectivity index (χ4n) is 3.13. The highest BCUT2D eigenvalue weighted by molar-refractivity contribution is 5.62. The van der Waals surface area contributed by atoms with Crippen LogP contribution in [0.2, 0.25) is 0 Å². The van der Waals surface area contributed by atoms with E-state index >= 15 is 0 Å². The average molecular weight is 273 g/mol. The van der Waals surface area contributed by atoms with Crippen LogP contribution in [0.5, 0.6) is 0 Å². The Morgan fingerprint density at radius 2 is 1.71 bits per heavy atom. The fraction of sp³-hybridized carbons (Fsp3) is 0.111. The first kappa shape index (κ1) is 12.1. The third kappa shape index (κ3) is 1.89. The molecule has 102 valence electrons. The molecule has 0 saturated heterocycles. The molecular formula is C18H15N3. The van der Waals surface area contributed by atoms with Crippen molar-refractivity contribution >= 4 is 6.08 Å². The Hall–Kier alpha value is -2.68. The van der Waals surface area contributed by atoms with Crippen LogP contribution >= 0.6 is 0 Å². The summed E-state index contributed by atoms with van der Waals surface area (Å²) in [6.45, 7) is 0. The minimum atomic E-state index is -0.163. The fourth-order valence-corrected chi connectivity index (χ4v) is 3.13. The second-order valence-corrected chi connectivity index (χ2v) is 5.39. The lowest BCUT2D eigenvalue weighted by atomic mass is 9.69. The van der Waals surface area contributed by atoms with Crippen molar-refractivity contribution < 1.29 is 0 Å². The van der Waals surface area contributed by atoms with Gasteiger partial charge in [0.15, 0.2) is 0 Å². The summed E-state index contributed by atoms with van der Waals surface area (Å²) in [6.07, 6.45) is 10.9. The summed E-state index contributed by atoms with van der Waals surface area (Å²) in [5.41, 5.74) is 4.73. The zero-order valence-corrected chi connectivity index (χ0v) is 11.5. The van der Waals surface area contributed by atoms with Crippen LogP contribution in [-0.2, 0) is 11.8 Å². The van der Waals surface area contributed by atoms with Crippen molar-refractivity contribution in [1.29, 1.82) is 0 Å². The lowest BCUT2D eigenvalue weighted by Crippen LogP contribution is -2.30.